The lowest BCUT2D eigenvalue weighted by molar-refractivity contribution is 0.564. The van der Waals surface area contributed by atoms with E-state index in [1.807, 2.05) is 36.4 Å². The van der Waals surface area contributed by atoms with Gasteiger partial charge in [-0.1, -0.05) is 24.3 Å². The van der Waals surface area contributed by atoms with Crippen molar-refractivity contribution in [2.45, 2.75) is 6.92 Å². The van der Waals surface area contributed by atoms with Crippen molar-refractivity contribution in [2.75, 3.05) is 0 Å². The molecule has 0 aliphatic carbocycles. The number of pyridine rings is 2. The van der Waals surface area contributed by atoms with Crippen LogP contribution in [0.4, 0.5) is 0 Å². The predicted molar refractivity (Wildman–Crippen MR) is 82.0 cm³/mol. The number of benzene rings is 1. The first-order chi connectivity index (χ1) is 10.1. The number of hydrogen-bond donors (Lipinski definition) is 0. The summed E-state index contributed by atoms with van der Waals surface area (Å²) in [4.78, 5) is 24.9. The van der Waals surface area contributed by atoms with E-state index in [0.717, 1.165) is 10.9 Å². The minimum atomic E-state index is -0.340. The van der Waals surface area contributed by atoms with E-state index in [4.69, 9.17) is 4.42 Å². The Kier molecular flexibility index (Phi) is 2.30. The summed E-state index contributed by atoms with van der Waals surface area (Å²) >= 11 is 0. The number of fused-ring (bicyclic) bond motifs is 4. The summed E-state index contributed by atoms with van der Waals surface area (Å²) in [6, 6.07) is 14.5. The van der Waals surface area contributed by atoms with Crippen LogP contribution in [0.15, 0.2) is 62.5 Å². The fraction of sp³-hybridized carbons (Fsp3) is 0.0588. The van der Waals surface area contributed by atoms with Crippen LogP contribution < -0.4 is 11.0 Å². The fourth-order valence-corrected chi connectivity index (χ4v) is 2.75. The maximum absolute atomic E-state index is 12.7. The summed E-state index contributed by atoms with van der Waals surface area (Å²) < 4.78 is 7.09. The van der Waals surface area contributed by atoms with Gasteiger partial charge in [0.05, 0.1) is 11.0 Å². The summed E-state index contributed by atoms with van der Waals surface area (Å²) in [5, 5.41) is 1.04. The van der Waals surface area contributed by atoms with Crippen molar-refractivity contribution in [1.82, 2.24) is 4.40 Å². The topological polar surface area (TPSA) is 51.7 Å². The molecule has 3 aromatic heterocycles. The van der Waals surface area contributed by atoms with Crippen LogP contribution in [0.5, 0.6) is 0 Å². The Morgan fingerprint density at radius 2 is 1.81 bits per heavy atom. The minimum absolute atomic E-state index is 0.0921. The molecule has 0 spiro atoms. The Hall–Kier alpha value is -2.88. The zero-order valence-corrected chi connectivity index (χ0v) is 11.3. The molecule has 4 rings (SSSR count). The van der Waals surface area contributed by atoms with Gasteiger partial charge in [0.25, 0.3) is 5.56 Å². The van der Waals surface area contributed by atoms with Crippen LogP contribution in [0.25, 0.3) is 27.4 Å². The van der Waals surface area contributed by atoms with Gasteiger partial charge in [-0.3, -0.25) is 14.0 Å². The molecular formula is C17H11NO3. The molecule has 102 valence electrons. The monoisotopic (exact) mass is 277 g/mol. The lowest BCUT2D eigenvalue weighted by atomic mass is 10.1. The summed E-state index contributed by atoms with van der Waals surface area (Å²) in [5.41, 5.74) is 1.18. The van der Waals surface area contributed by atoms with Crippen molar-refractivity contribution in [3.8, 4) is 0 Å². The summed E-state index contributed by atoms with van der Waals surface area (Å²) in [5.74, 6) is 0.497. The predicted octanol–water partition coefficient (Wildman–Crippen LogP) is 2.87. The average molecular weight is 277 g/mol. The van der Waals surface area contributed by atoms with E-state index in [0.29, 0.717) is 16.9 Å². The van der Waals surface area contributed by atoms with E-state index in [1.54, 1.807) is 17.4 Å². The number of nitrogens with zero attached hydrogens (tertiary/aromatic N) is 1. The van der Waals surface area contributed by atoms with Gasteiger partial charge in [0, 0.05) is 12.1 Å². The van der Waals surface area contributed by atoms with E-state index in [-0.39, 0.29) is 16.4 Å². The Morgan fingerprint density at radius 1 is 1.00 bits per heavy atom. The highest BCUT2D eigenvalue weighted by Crippen LogP contribution is 2.18. The van der Waals surface area contributed by atoms with Crippen molar-refractivity contribution in [3.05, 3.63) is 74.9 Å². The van der Waals surface area contributed by atoms with Crippen molar-refractivity contribution >= 4 is 27.4 Å². The van der Waals surface area contributed by atoms with Crippen LogP contribution in [-0.4, -0.2) is 4.40 Å². The largest absolute Gasteiger partial charge is 0.461 e. The third kappa shape index (κ3) is 1.62. The van der Waals surface area contributed by atoms with Gasteiger partial charge in [-0.25, -0.2) is 0 Å². The maximum Gasteiger partial charge on any atom is 0.270 e. The molecule has 0 bridgehead atoms. The van der Waals surface area contributed by atoms with Gasteiger partial charge in [-0.15, -0.1) is 0 Å². The van der Waals surface area contributed by atoms with Gasteiger partial charge < -0.3 is 4.42 Å². The van der Waals surface area contributed by atoms with E-state index >= 15 is 0 Å². The van der Waals surface area contributed by atoms with E-state index < -0.39 is 0 Å². The molecule has 0 saturated carbocycles. The highest BCUT2D eigenvalue weighted by atomic mass is 16.3. The molecule has 4 aromatic rings. The van der Waals surface area contributed by atoms with Gasteiger partial charge in [0.15, 0.2) is 5.43 Å². The smallest absolute Gasteiger partial charge is 0.270 e. The second-order valence-corrected chi connectivity index (χ2v) is 5.06. The number of rotatable bonds is 0. The quantitative estimate of drug-likeness (QED) is 0.367. The Labute approximate surface area is 118 Å². The molecule has 0 aliphatic heterocycles. The number of aromatic nitrogens is 1. The molecule has 1 aromatic carbocycles. The van der Waals surface area contributed by atoms with Crippen molar-refractivity contribution in [3.63, 3.8) is 0 Å². The minimum Gasteiger partial charge on any atom is -0.461 e. The molecule has 0 radical (unpaired) electrons. The zero-order valence-electron chi connectivity index (χ0n) is 11.3. The molecule has 0 unspecified atom stereocenters. The molecule has 4 nitrogen and oxygen atoms in total. The summed E-state index contributed by atoms with van der Waals surface area (Å²) in [7, 11) is 0. The molecule has 3 heterocycles. The standard InChI is InChI=1S/C17H11NO3/c1-10-8-14(19)16-15(21-10)9-12-7-6-11-4-2-3-5-13(11)18(12)17(16)20/h2-9H,1H3. The molecule has 0 aliphatic rings. The van der Waals surface area contributed by atoms with Crippen molar-refractivity contribution in [1.29, 1.82) is 0 Å². The summed E-state index contributed by atoms with van der Waals surface area (Å²) in [6.45, 7) is 1.70. The van der Waals surface area contributed by atoms with E-state index in [1.165, 1.54) is 6.07 Å². The van der Waals surface area contributed by atoms with Crippen LogP contribution in [0.3, 0.4) is 0 Å². The highest BCUT2D eigenvalue weighted by Gasteiger charge is 2.11. The average Bonchev–Trinajstić information content (AvgIpc) is 2.45. The van der Waals surface area contributed by atoms with Gasteiger partial charge in [-0.05, 0) is 24.4 Å². The molecule has 0 fully saturated rings. The fourth-order valence-electron chi connectivity index (χ4n) is 2.75. The third-order valence-corrected chi connectivity index (χ3v) is 3.66. The molecule has 0 atom stereocenters. The lowest BCUT2D eigenvalue weighted by Gasteiger charge is -2.07. The number of para-hydroxylation sites is 1. The molecular weight excluding hydrogens is 266 g/mol. The van der Waals surface area contributed by atoms with Crippen LogP contribution in [0, 0.1) is 6.92 Å². The molecule has 0 N–H and O–H groups in total. The maximum atomic E-state index is 12.7. The van der Waals surface area contributed by atoms with Gasteiger partial charge in [-0.2, -0.15) is 0 Å². The van der Waals surface area contributed by atoms with Gasteiger partial charge in [0.2, 0.25) is 0 Å². The van der Waals surface area contributed by atoms with E-state index in [9.17, 15) is 9.59 Å². The molecule has 21 heavy (non-hydrogen) atoms. The van der Waals surface area contributed by atoms with Gasteiger partial charge >= 0.3 is 0 Å². The first kappa shape index (κ1) is 11.9. The number of aryl methyl sites for hydroxylation is 1. The Bertz CT molecular complexity index is 1140. The van der Waals surface area contributed by atoms with E-state index in [2.05, 4.69) is 0 Å². The van der Waals surface area contributed by atoms with Gasteiger partial charge in [0.1, 0.15) is 16.7 Å². The SMILES string of the molecule is Cc1cc(=O)c2c(=O)n3c(ccc4ccccc43)cc2o1. The second kappa shape index (κ2) is 4.06. The Morgan fingerprint density at radius 3 is 2.67 bits per heavy atom. The first-order valence-corrected chi connectivity index (χ1v) is 6.63. The molecule has 0 amide bonds. The second-order valence-electron chi connectivity index (χ2n) is 5.06. The first-order valence-electron chi connectivity index (χ1n) is 6.63. The number of hydrogen-bond acceptors (Lipinski definition) is 3. The molecule has 0 saturated heterocycles. The highest BCUT2D eigenvalue weighted by molar-refractivity contribution is 5.87. The summed E-state index contributed by atoms with van der Waals surface area (Å²) in [6.07, 6.45) is 0. The normalized spacial score (nSPS) is 11.5. The zero-order chi connectivity index (χ0) is 14.6. The van der Waals surface area contributed by atoms with Crippen LogP contribution >= 0.6 is 0 Å². The van der Waals surface area contributed by atoms with Crippen LogP contribution in [0.2, 0.25) is 0 Å². The molecule has 4 heteroatoms. The lowest BCUT2D eigenvalue weighted by Crippen LogP contribution is -2.20. The Balaban J connectivity index is 2.38. The van der Waals surface area contributed by atoms with Crippen LogP contribution in [0.1, 0.15) is 5.76 Å². The van der Waals surface area contributed by atoms with Crippen molar-refractivity contribution < 1.29 is 4.42 Å². The third-order valence-electron chi connectivity index (χ3n) is 3.66. The van der Waals surface area contributed by atoms with Crippen molar-refractivity contribution in [2.24, 2.45) is 0 Å². The van der Waals surface area contributed by atoms with Crippen LogP contribution in [-0.2, 0) is 0 Å².